The van der Waals surface area contributed by atoms with E-state index in [-0.39, 0.29) is 18.2 Å². The van der Waals surface area contributed by atoms with Gasteiger partial charge in [-0.15, -0.1) is 0 Å². The fraction of sp³-hybridized carbons (Fsp3) is 0.133. The average molecular weight is 302 g/mol. The molecule has 0 bridgehead atoms. The van der Waals surface area contributed by atoms with Crippen LogP contribution >= 0.6 is 11.6 Å². The molecule has 0 fully saturated rings. The quantitative estimate of drug-likeness (QED) is 0.927. The first-order valence-corrected chi connectivity index (χ1v) is 6.78. The lowest BCUT2D eigenvalue weighted by atomic mass is 10.2. The molecular weight excluding hydrogens is 290 g/mol. The molecular formula is C15H12ClN3O2. The molecule has 6 heteroatoms. The molecule has 0 spiro atoms. The van der Waals surface area contributed by atoms with Crippen molar-refractivity contribution in [3.05, 3.63) is 47.1 Å². The number of benzene rings is 1. The minimum atomic E-state index is -0.216. The van der Waals surface area contributed by atoms with Crippen LogP contribution in [0, 0.1) is 0 Å². The van der Waals surface area contributed by atoms with Crippen molar-refractivity contribution in [2.45, 2.75) is 13.3 Å². The number of halogens is 1. The predicted octanol–water partition coefficient (Wildman–Crippen LogP) is 2.91. The van der Waals surface area contributed by atoms with Gasteiger partial charge in [0.05, 0.1) is 17.8 Å². The highest BCUT2D eigenvalue weighted by Gasteiger charge is 2.31. The number of nitrogens with one attached hydrogen (secondary N) is 1. The Kier molecular flexibility index (Phi) is 3.35. The molecule has 1 aromatic carbocycles. The van der Waals surface area contributed by atoms with E-state index in [1.165, 1.54) is 11.8 Å². The van der Waals surface area contributed by atoms with Crippen molar-refractivity contribution in [2.24, 2.45) is 0 Å². The van der Waals surface area contributed by atoms with E-state index in [4.69, 9.17) is 11.6 Å². The Labute approximate surface area is 126 Å². The number of aromatic nitrogens is 1. The number of hydrogen-bond acceptors (Lipinski definition) is 3. The van der Waals surface area contributed by atoms with Crippen molar-refractivity contribution < 1.29 is 9.59 Å². The Morgan fingerprint density at radius 3 is 2.95 bits per heavy atom. The maximum absolute atomic E-state index is 12.3. The summed E-state index contributed by atoms with van der Waals surface area (Å²) in [5, 5.41) is 3.28. The van der Waals surface area contributed by atoms with Gasteiger partial charge in [-0.05, 0) is 35.9 Å². The van der Waals surface area contributed by atoms with Crippen LogP contribution in [-0.4, -0.2) is 16.8 Å². The summed E-state index contributed by atoms with van der Waals surface area (Å²) >= 11 is 5.96. The third-order valence-electron chi connectivity index (χ3n) is 3.18. The van der Waals surface area contributed by atoms with Gasteiger partial charge < -0.3 is 5.32 Å². The summed E-state index contributed by atoms with van der Waals surface area (Å²) in [6.07, 6.45) is 1.85. The van der Waals surface area contributed by atoms with Gasteiger partial charge in [-0.3, -0.25) is 14.5 Å². The number of hydrogen-bond donors (Lipinski definition) is 1. The smallest absolute Gasteiger partial charge is 0.237 e. The molecule has 2 aromatic rings. The molecule has 5 nitrogen and oxygen atoms in total. The van der Waals surface area contributed by atoms with E-state index in [0.717, 1.165) is 11.3 Å². The summed E-state index contributed by atoms with van der Waals surface area (Å²) in [5.41, 5.74) is 2.10. The van der Waals surface area contributed by atoms with Crippen LogP contribution in [0.1, 0.15) is 12.5 Å². The van der Waals surface area contributed by atoms with E-state index in [0.29, 0.717) is 16.5 Å². The van der Waals surface area contributed by atoms with Gasteiger partial charge in [0.1, 0.15) is 0 Å². The number of carbonyl (C=O) groups is 2. The summed E-state index contributed by atoms with van der Waals surface area (Å²) in [7, 11) is 0. The zero-order valence-electron chi connectivity index (χ0n) is 11.3. The highest BCUT2D eigenvalue weighted by atomic mass is 35.5. The molecule has 0 saturated heterocycles. The van der Waals surface area contributed by atoms with Crippen LogP contribution in [0.5, 0.6) is 0 Å². The standard InChI is InChI=1S/C15H12ClN3O2/c1-9(20)18-12-3-2-6-17-15(12)19-13-5-4-11(16)7-10(13)8-14(19)21/h2-7H,8H2,1H3,(H,18,20). The Hall–Kier alpha value is -2.40. The third-order valence-corrected chi connectivity index (χ3v) is 3.42. The van der Waals surface area contributed by atoms with Crippen LogP contribution in [0.15, 0.2) is 36.5 Å². The molecule has 1 N–H and O–H groups in total. The van der Waals surface area contributed by atoms with E-state index in [2.05, 4.69) is 10.3 Å². The van der Waals surface area contributed by atoms with Crippen LogP contribution in [0.2, 0.25) is 5.02 Å². The topological polar surface area (TPSA) is 62.3 Å². The number of anilines is 3. The van der Waals surface area contributed by atoms with Crippen LogP contribution in [-0.2, 0) is 16.0 Å². The molecule has 2 amide bonds. The van der Waals surface area contributed by atoms with Gasteiger partial charge in [0.2, 0.25) is 11.8 Å². The number of carbonyl (C=O) groups excluding carboxylic acids is 2. The first kappa shape index (κ1) is 13.6. The molecule has 2 heterocycles. The number of nitrogens with zero attached hydrogens (tertiary/aromatic N) is 2. The van der Waals surface area contributed by atoms with Crippen LogP contribution in [0.4, 0.5) is 17.2 Å². The zero-order valence-corrected chi connectivity index (χ0v) is 12.0. The second-order valence-electron chi connectivity index (χ2n) is 4.73. The number of rotatable bonds is 2. The second-order valence-corrected chi connectivity index (χ2v) is 5.17. The van der Waals surface area contributed by atoms with E-state index in [1.807, 2.05) is 0 Å². The molecule has 0 radical (unpaired) electrons. The molecule has 0 unspecified atom stereocenters. The molecule has 3 rings (SSSR count). The second kappa shape index (κ2) is 5.18. The van der Waals surface area contributed by atoms with Crippen molar-refractivity contribution in [1.82, 2.24) is 4.98 Å². The van der Waals surface area contributed by atoms with Crippen molar-refractivity contribution in [3.63, 3.8) is 0 Å². The average Bonchev–Trinajstić information content (AvgIpc) is 2.74. The van der Waals surface area contributed by atoms with Gasteiger partial charge in [0, 0.05) is 18.1 Å². The predicted molar refractivity (Wildman–Crippen MR) is 80.8 cm³/mol. The van der Waals surface area contributed by atoms with Crippen LogP contribution in [0.3, 0.4) is 0 Å². The first-order chi connectivity index (χ1) is 10.1. The minimum Gasteiger partial charge on any atom is -0.323 e. The first-order valence-electron chi connectivity index (χ1n) is 6.40. The highest BCUT2D eigenvalue weighted by Crippen LogP contribution is 2.38. The van der Waals surface area contributed by atoms with Gasteiger partial charge >= 0.3 is 0 Å². The maximum Gasteiger partial charge on any atom is 0.237 e. The summed E-state index contributed by atoms with van der Waals surface area (Å²) in [6.45, 7) is 1.41. The van der Waals surface area contributed by atoms with E-state index in [1.54, 1.807) is 36.5 Å². The van der Waals surface area contributed by atoms with Crippen molar-refractivity contribution >= 4 is 40.6 Å². The number of amides is 2. The SMILES string of the molecule is CC(=O)Nc1cccnc1N1C(=O)Cc2cc(Cl)ccc21. The Balaban J connectivity index is 2.10. The Bertz CT molecular complexity index is 745. The van der Waals surface area contributed by atoms with E-state index >= 15 is 0 Å². The van der Waals surface area contributed by atoms with Crippen LogP contribution in [0.25, 0.3) is 0 Å². The zero-order chi connectivity index (χ0) is 15.0. The number of fused-ring (bicyclic) bond motifs is 1. The normalized spacial score (nSPS) is 13.2. The summed E-state index contributed by atoms with van der Waals surface area (Å²) in [4.78, 5) is 29.4. The molecule has 1 aliphatic rings. The fourth-order valence-corrected chi connectivity index (χ4v) is 2.58. The largest absolute Gasteiger partial charge is 0.323 e. The van der Waals surface area contributed by atoms with E-state index < -0.39 is 0 Å². The highest BCUT2D eigenvalue weighted by molar-refractivity contribution is 6.31. The lowest BCUT2D eigenvalue weighted by Gasteiger charge is -2.19. The van der Waals surface area contributed by atoms with E-state index in [9.17, 15) is 9.59 Å². The molecule has 0 aliphatic carbocycles. The monoisotopic (exact) mass is 301 g/mol. The molecule has 0 saturated carbocycles. The molecule has 106 valence electrons. The number of pyridine rings is 1. The lowest BCUT2D eigenvalue weighted by Crippen LogP contribution is -2.23. The van der Waals surface area contributed by atoms with Crippen molar-refractivity contribution in [1.29, 1.82) is 0 Å². The Morgan fingerprint density at radius 2 is 2.19 bits per heavy atom. The van der Waals surface area contributed by atoms with Crippen molar-refractivity contribution in [3.8, 4) is 0 Å². The molecule has 1 aliphatic heterocycles. The fourth-order valence-electron chi connectivity index (χ4n) is 2.38. The maximum atomic E-state index is 12.3. The van der Waals surface area contributed by atoms with Gasteiger partial charge in [-0.1, -0.05) is 11.6 Å². The summed E-state index contributed by atoms with van der Waals surface area (Å²) in [6, 6.07) is 8.71. The molecule has 21 heavy (non-hydrogen) atoms. The van der Waals surface area contributed by atoms with Crippen molar-refractivity contribution in [2.75, 3.05) is 10.2 Å². The lowest BCUT2D eigenvalue weighted by molar-refractivity contribution is -0.117. The van der Waals surface area contributed by atoms with Gasteiger partial charge in [-0.2, -0.15) is 0 Å². The summed E-state index contributed by atoms with van der Waals surface area (Å²) < 4.78 is 0. The summed E-state index contributed by atoms with van der Waals surface area (Å²) in [5.74, 6) is 0.101. The van der Waals surface area contributed by atoms with Gasteiger partial charge in [0.15, 0.2) is 5.82 Å². The molecule has 1 aromatic heterocycles. The van der Waals surface area contributed by atoms with Gasteiger partial charge in [0.25, 0.3) is 0 Å². The molecule has 0 atom stereocenters. The van der Waals surface area contributed by atoms with Gasteiger partial charge in [-0.25, -0.2) is 4.98 Å². The minimum absolute atomic E-state index is 0.0995. The van der Waals surface area contributed by atoms with Crippen LogP contribution < -0.4 is 10.2 Å². The Morgan fingerprint density at radius 1 is 1.38 bits per heavy atom. The third kappa shape index (κ3) is 2.48.